The van der Waals surface area contributed by atoms with Gasteiger partial charge in [-0.25, -0.2) is 17.6 Å². The van der Waals surface area contributed by atoms with Gasteiger partial charge in [-0.1, -0.05) is 18.9 Å². The van der Waals surface area contributed by atoms with Gasteiger partial charge in [0.15, 0.2) is 15.7 Å². The van der Waals surface area contributed by atoms with Crippen LogP contribution in [0.5, 0.6) is 0 Å². The van der Waals surface area contributed by atoms with Crippen molar-refractivity contribution >= 4 is 15.8 Å². The van der Waals surface area contributed by atoms with Crippen molar-refractivity contribution in [2.75, 3.05) is 13.4 Å². The molecule has 1 aliphatic rings. The number of rotatable bonds is 3. The van der Waals surface area contributed by atoms with Crippen molar-refractivity contribution in [3.05, 3.63) is 29.1 Å². The van der Waals surface area contributed by atoms with Gasteiger partial charge >= 0.3 is 5.97 Å². The highest BCUT2D eigenvalue weighted by Crippen LogP contribution is 2.38. The molecule has 0 aliphatic heterocycles. The summed E-state index contributed by atoms with van der Waals surface area (Å²) in [6.45, 7) is 0. The number of sulfone groups is 1. The van der Waals surface area contributed by atoms with E-state index in [0.29, 0.717) is 5.56 Å². The third-order valence-corrected chi connectivity index (χ3v) is 4.86. The van der Waals surface area contributed by atoms with Gasteiger partial charge < -0.3 is 4.74 Å². The van der Waals surface area contributed by atoms with E-state index in [-0.39, 0.29) is 16.4 Å². The molecule has 0 heterocycles. The Labute approximate surface area is 117 Å². The first-order valence-electron chi connectivity index (χ1n) is 6.47. The maximum absolute atomic E-state index is 14.4. The molecule has 0 radical (unpaired) electrons. The summed E-state index contributed by atoms with van der Waals surface area (Å²) in [7, 11) is -2.62. The summed E-state index contributed by atoms with van der Waals surface area (Å²) in [5, 5.41) is 0. The standard InChI is InChI=1S/C14H17FO4S/c1-19-14(16)11-8-7-10(9-5-3-4-6-9)13(12(11)15)20(2,17)18/h7-9H,3-6H2,1-2H3. The lowest BCUT2D eigenvalue weighted by molar-refractivity contribution is 0.0594. The van der Waals surface area contributed by atoms with E-state index in [4.69, 9.17) is 0 Å². The lowest BCUT2D eigenvalue weighted by Crippen LogP contribution is -2.13. The second kappa shape index (κ2) is 5.52. The number of carbonyl (C=O) groups is 1. The van der Waals surface area contributed by atoms with Crippen LogP contribution in [0.25, 0.3) is 0 Å². The predicted octanol–water partition coefficient (Wildman–Crippen LogP) is 2.67. The van der Waals surface area contributed by atoms with Gasteiger partial charge in [-0.3, -0.25) is 0 Å². The highest BCUT2D eigenvalue weighted by atomic mass is 32.2. The van der Waals surface area contributed by atoms with Crippen LogP contribution in [0.15, 0.2) is 17.0 Å². The largest absolute Gasteiger partial charge is 0.465 e. The Morgan fingerprint density at radius 3 is 2.40 bits per heavy atom. The number of ether oxygens (including phenoxy) is 1. The summed E-state index contributed by atoms with van der Waals surface area (Å²) in [5.41, 5.74) is 0.143. The number of halogens is 1. The fraction of sp³-hybridized carbons (Fsp3) is 0.500. The average molecular weight is 300 g/mol. The molecule has 0 atom stereocenters. The minimum Gasteiger partial charge on any atom is -0.465 e. The van der Waals surface area contributed by atoms with E-state index in [2.05, 4.69) is 4.74 Å². The molecule has 6 heteroatoms. The number of esters is 1. The molecule has 0 saturated heterocycles. The Morgan fingerprint density at radius 2 is 1.90 bits per heavy atom. The summed E-state index contributed by atoms with van der Waals surface area (Å²) in [6, 6.07) is 2.85. The zero-order valence-corrected chi connectivity index (χ0v) is 12.3. The molecule has 0 unspecified atom stereocenters. The predicted molar refractivity (Wildman–Crippen MR) is 72.1 cm³/mol. The van der Waals surface area contributed by atoms with Crippen LogP contribution in [0.2, 0.25) is 0 Å². The highest BCUT2D eigenvalue weighted by molar-refractivity contribution is 7.90. The van der Waals surface area contributed by atoms with Gasteiger partial charge in [0.05, 0.1) is 12.7 Å². The summed E-state index contributed by atoms with van der Waals surface area (Å²) in [4.78, 5) is 11.1. The lowest BCUT2D eigenvalue weighted by atomic mass is 9.96. The highest BCUT2D eigenvalue weighted by Gasteiger charge is 2.29. The number of hydrogen-bond acceptors (Lipinski definition) is 4. The molecule has 1 aromatic rings. The number of carbonyl (C=O) groups excluding carboxylic acids is 1. The molecule has 4 nitrogen and oxygen atoms in total. The van der Waals surface area contributed by atoms with E-state index in [1.165, 1.54) is 6.07 Å². The lowest BCUT2D eigenvalue weighted by Gasteiger charge is -2.16. The molecule has 0 amide bonds. The first kappa shape index (κ1) is 15.0. The van der Waals surface area contributed by atoms with Crippen LogP contribution in [0, 0.1) is 5.82 Å². The SMILES string of the molecule is COC(=O)c1ccc(C2CCCC2)c(S(C)(=O)=O)c1F. The molecular weight excluding hydrogens is 283 g/mol. The van der Waals surface area contributed by atoms with Gasteiger partial charge in [-0.15, -0.1) is 0 Å². The molecule has 1 aliphatic carbocycles. The van der Waals surface area contributed by atoms with E-state index < -0.39 is 21.6 Å². The van der Waals surface area contributed by atoms with Crippen LogP contribution < -0.4 is 0 Å². The zero-order valence-electron chi connectivity index (χ0n) is 11.5. The van der Waals surface area contributed by atoms with Crippen LogP contribution in [-0.2, 0) is 14.6 Å². The maximum Gasteiger partial charge on any atom is 0.340 e. The maximum atomic E-state index is 14.4. The first-order valence-corrected chi connectivity index (χ1v) is 8.36. The Hall–Kier alpha value is -1.43. The van der Waals surface area contributed by atoms with Crippen molar-refractivity contribution in [2.24, 2.45) is 0 Å². The third-order valence-electron chi connectivity index (χ3n) is 3.70. The van der Waals surface area contributed by atoms with E-state index in [9.17, 15) is 17.6 Å². The molecule has 0 N–H and O–H groups in total. The zero-order chi connectivity index (χ0) is 14.9. The van der Waals surface area contributed by atoms with Crippen molar-refractivity contribution in [1.82, 2.24) is 0 Å². The van der Waals surface area contributed by atoms with Gasteiger partial charge in [-0.2, -0.15) is 0 Å². The van der Waals surface area contributed by atoms with Crippen molar-refractivity contribution in [3.63, 3.8) is 0 Å². The summed E-state index contributed by atoms with van der Waals surface area (Å²) < 4.78 is 42.7. The monoisotopic (exact) mass is 300 g/mol. The average Bonchev–Trinajstić information content (AvgIpc) is 2.89. The molecule has 110 valence electrons. The van der Waals surface area contributed by atoms with E-state index >= 15 is 0 Å². The molecule has 2 rings (SSSR count). The summed E-state index contributed by atoms with van der Waals surface area (Å²) in [5.74, 6) is -1.82. The van der Waals surface area contributed by atoms with E-state index in [0.717, 1.165) is 39.0 Å². The topological polar surface area (TPSA) is 60.4 Å². The van der Waals surface area contributed by atoms with Crippen LogP contribution in [-0.4, -0.2) is 27.8 Å². The number of benzene rings is 1. The van der Waals surface area contributed by atoms with Gasteiger partial charge in [0.2, 0.25) is 0 Å². The van der Waals surface area contributed by atoms with Crippen LogP contribution in [0.4, 0.5) is 4.39 Å². The molecule has 0 bridgehead atoms. The molecular formula is C14H17FO4S. The molecule has 1 aromatic carbocycles. The molecule has 1 fully saturated rings. The van der Waals surface area contributed by atoms with E-state index in [1.807, 2.05) is 0 Å². The van der Waals surface area contributed by atoms with Crippen molar-refractivity contribution in [3.8, 4) is 0 Å². The normalized spacial score (nSPS) is 16.4. The minimum absolute atomic E-state index is 0.0425. The van der Waals surface area contributed by atoms with Crippen LogP contribution in [0.3, 0.4) is 0 Å². The molecule has 1 saturated carbocycles. The van der Waals surface area contributed by atoms with Crippen LogP contribution in [0.1, 0.15) is 47.5 Å². The van der Waals surface area contributed by atoms with Gasteiger partial charge in [0.1, 0.15) is 4.90 Å². The Morgan fingerprint density at radius 1 is 1.30 bits per heavy atom. The quantitative estimate of drug-likeness (QED) is 0.805. The van der Waals surface area contributed by atoms with Gasteiger partial charge in [0, 0.05) is 6.26 Å². The number of hydrogen-bond donors (Lipinski definition) is 0. The van der Waals surface area contributed by atoms with Gasteiger partial charge in [0.25, 0.3) is 0 Å². The Bertz CT molecular complexity index is 631. The van der Waals surface area contributed by atoms with Crippen molar-refractivity contribution in [2.45, 2.75) is 36.5 Å². The molecule has 0 spiro atoms. The first-order chi connectivity index (χ1) is 9.36. The summed E-state index contributed by atoms with van der Waals surface area (Å²) >= 11 is 0. The fourth-order valence-corrected chi connectivity index (χ4v) is 3.87. The fourth-order valence-electron chi connectivity index (χ4n) is 2.77. The molecule has 20 heavy (non-hydrogen) atoms. The second-order valence-corrected chi connectivity index (χ2v) is 7.04. The van der Waals surface area contributed by atoms with Crippen LogP contribution >= 0.6 is 0 Å². The third kappa shape index (κ3) is 2.70. The van der Waals surface area contributed by atoms with Crippen molar-refractivity contribution in [1.29, 1.82) is 0 Å². The Balaban J connectivity index is 2.65. The van der Waals surface area contributed by atoms with Crippen molar-refractivity contribution < 1.29 is 22.3 Å². The second-order valence-electron chi connectivity index (χ2n) is 5.09. The number of methoxy groups -OCH3 is 1. The smallest absolute Gasteiger partial charge is 0.340 e. The van der Waals surface area contributed by atoms with E-state index in [1.54, 1.807) is 6.07 Å². The minimum atomic E-state index is -3.75. The van der Waals surface area contributed by atoms with Gasteiger partial charge in [-0.05, 0) is 30.4 Å². The molecule has 0 aromatic heterocycles. The Kier molecular flexibility index (Phi) is 4.13. The summed E-state index contributed by atoms with van der Waals surface area (Å²) in [6.07, 6.45) is 4.67.